The molecule has 388 valence electrons. The summed E-state index contributed by atoms with van der Waals surface area (Å²) in [6.45, 7) is 4.91. The van der Waals surface area contributed by atoms with Gasteiger partial charge in [-0.2, -0.15) is 0 Å². The van der Waals surface area contributed by atoms with E-state index >= 15 is 0 Å². The lowest BCUT2D eigenvalue weighted by Crippen LogP contribution is -2.12. The van der Waals surface area contributed by atoms with Gasteiger partial charge in [-0.15, -0.1) is 0 Å². The predicted molar refractivity (Wildman–Crippen MR) is 284 cm³/mol. The minimum Gasteiger partial charge on any atom is -0.478 e. The zero-order valence-electron chi connectivity index (χ0n) is 43.6. The molecule has 0 saturated heterocycles. The molecule has 0 radical (unpaired) electrons. The van der Waals surface area contributed by atoms with E-state index in [1.807, 2.05) is 0 Å². The Labute approximate surface area is 415 Å². The molecule has 3 N–H and O–H groups in total. The van der Waals surface area contributed by atoms with Gasteiger partial charge >= 0.3 is 23.9 Å². The molecule has 2 rings (SSSR count). The van der Waals surface area contributed by atoms with Crippen LogP contribution in [0.5, 0.6) is 0 Å². The van der Waals surface area contributed by atoms with E-state index in [4.69, 9.17) is 9.84 Å². The molecule has 0 aliphatic carbocycles. The van der Waals surface area contributed by atoms with Crippen molar-refractivity contribution in [2.75, 3.05) is 6.61 Å². The van der Waals surface area contributed by atoms with Gasteiger partial charge in [0.2, 0.25) is 0 Å². The molecular formula is C60H100O8. The van der Waals surface area contributed by atoms with Crippen LogP contribution in [0.25, 0.3) is 0 Å². The van der Waals surface area contributed by atoms with Crippen LogP contribution in [0.2, 0.25) is 0 Å². The fourth-order valence-electron chi connectivity index (χ4n) is 9.26. The van der Waals surface area contributed by atoms with Crippen molar-refractivity contribution in [1.82, 2.24) is 0 Å². The van der Waals surface area contributed by atoms with Crippen LogP contribution >= 0.6 is 0 Å². The largest absolute Gasteiger partial charge is 0.478 e. The van der Waals surface area contributed by atoms with E-state index in [1.165, 1.54) is 249 Å². The fraction of sp³-hybridized carbons (Fsp3) is 0.733. The Morgan fingerprint density at radius 2 is 0.632 bits per heavy atom. The number of ether oxygens (including phenoxy) is 1. The first kappa shape index (κ1) is 62.3. The number of carboxylic acid groups (broad SMARTS) is 3. The van der Waals surface area contributed by atoms with Crippen LogP contribution in [-0.2, 0) is 11.2 Å². The van der Waals surface area contributed by atoms with Crippen molar-refractivity contribution in [3.8, 4) is 0 Å². The maximum atomic E-state index is 12.1. The molecule has 8 heteroatoms. The molecule has 2 aromatic rings. The lowest BCUT2D eigenvalue weighted by molar-refractivity contribution is 0.0487. The van der Waals surface area contributed by atoms with Crippen LogP contribution in [0.3, 0.4) is 0 Å². The molecular weight excluding hydrogens is 849 g/mol. The van der Waals surface area contributed by atoms with E-state index in [9.17, 15) is 29.4 Å². The molecule has 0 fully saturated rings. The molecule has 0 saturated carbocycles. The highest BCUT2D eigenvalue weighted by atomic mass is 16.5. The Kier molecular flexibility index (Phi) is 41.9. The maximum absolute atomic E-state index is 12.1. The van der Waals surface area contributed by atoms with Crippen molar-refractivity contribution in [2.24, 2.45) is 0 Å². The summed E-state index contributed by atoms with van der Waals surface area (Å²) in [4.78, 5) is 46.0. The normalized spacial score (nSPS) is 11.0. The maximum Gasteiger partial charge on any atom is 0.339 e. The Morgan fingerprint density at radius 1 is 0.338 bits per heavy atom. The Bertz CT molecular complexity index is 1540. The van der Waals surface area contributed by atoms with Gasteiger partial charge < -0.3 is 20.1 Å². The number of carboxylic acids is 3. The molecule has 0 atom stereocenters. The molecule has 8 nitrogen and oxygen atoms in total. The summed E-state index contributed by atoms with van der Waals surface area (Å²) >= 11 is 0. The number of carbonyl (C=O) groups is 4. The summed E-state index contributed by atoms with van der Waals surface area (Å²) in [6, 6.07) is 10.9. The van der Waals surface area contributed by atoms with Gasteiger partial charge in [-0.1, -0.05) is 282 Å². The molecule has 0 unspecified atom stereocenters. The summed E-state index contributed by atoms with van der Waals surface area (Å²) in [7, 11) is 0. The fourth-order valence-corrected chi connectivity index (χ4v) is 9.26. The second kappa shape index (κ2) is 45.7. The number of esters is 1. The molecule has 0 aromatic heterocycles. The molecule has 68 heavy (non-hydrogen) atoms. The number of hydrogen-bond acceptors (Lipinski definition) is 5. The van der Waals surface area contributed by atoms with Gasteiger partial charge in [0.05, 0.1) is 28.9 Å². The standard InChI is InChI=1S/2C30H50O4/c1-2-3-4-5-6-7-8-9-10-11-12-13-14-15-16-17-18-19-20-23-26-34-30(33)28-25-22-21-24-27(28)29(31)32;1-2-3-4-5-6-7-8-9-10-11-12-13-14-15-16-17-18-19-20-21-23-26-24-22-25-27(29(31)32)28(26)30(33)34/h21-22,24-25H,2-20,23,26H2,1H3,(H,31,32);22,24-25H,2-21,23H2,1H3,(H,31,32)(H,33,34). The van der Waals surface area contributed by atoms with Gasteiger partial charge in [-0.05, 0) is 43.0 Å². The van der Waals surface area contributed by atoms with Crippen molar-refractivity contribution in [3.63, 3.8) is 0 Å². The van der Waals surface area contributed by atoms with Crippen LogP contribution in [0.15, 0.2) is 42.5 Å². The third-order valence-corrected chi connectivity index (χ3v) is 13.5. The van der Waals surface area contributed by atoms with E-state index in [0.717, 1.165) is 25.7 Å². The summed E-state index contributed by atoms with van der Waals surface area (Å²) in [6.07, 6.45) is 54.0. The minimum atomic E-state index is -1.18. The van der Waals surface area contributed by atoms with Crippen molar-refractivity contribution in [3.05, 3.63) is 70.3 Å². The molecule has 2 aromatic carbocycles. The highest BCUT2D eigenvalue weighted by Crippen LogP contribution is 2.21. The third-order valence-electron chi connectivity index (χ3n) is 13.5. The molecule has 0 amide bonds. The van der Waals surface area contributed by atoms with Crippen molar-refractivity contribution in [2.45, 2.75) is 277 Å². The average molecular weight is 949 g/mol. The minimum absolute atomic E-state index is 0.00371. The van der Waals surface area contributed by atoms with Crippen LogP contribution in [0.4, 0.5) is 0 Å². The highest BCUT2D eigenvalue weighted by Gasteiger charge is 2.19. The second-order valence-electron chi connectivity index (χ2n) is 19.6. The van der Waals surface area contributed by atoms with Gasteiger partial charge in [0.15, 0.2) is 0 Å². The van der Waals surface area contributed by atoms with Crippen LogP contribution in [0, 0.1) is 0 Å². The van der Waals surface area contributed by atoms with E-state index in [-0.39, 0.29) is 22.3 Å². The van der Waals surface area contributed by atoms with E-state index in [2.05, 4.69) is 13.8 Å². The number of rotatable bonds is 46. The van der Waals surface area contributed by atoms with Crippen LogP contribution < -0.4 is 0 Å². The molecule has 0 aliphatic heterocycles. The Morgan fingerprint density at radius 3 is 0.956 bits per heavy atom. The second-order valence-corrected chi connectivity index (χ2v) is 19.6. The van der Waals surface area contributed by atoms with Gasteiger partial charge in [0.25, 0.3) is 0 Å². The summed E-state index contributed by atoms with van der Waals surface area (Å²) in [5.74, 6) is -3.98. The number of benzene rings is 2. The predicted octanol–water partition coefficient (Wildman–Crippen LogP) is 18.8. The first-order valence-electron chi connectivity index (χ1n) is 28.3. The first-order valence-corrected chi connectivity index (χ1v) is 28.3. The number of aromatic carboxylic acids is 3. The summed E-state index contributed by atoms with van der Waals surface area (Å²) in [5, 5.41) is 27.8. The first-order chi connectivity index (χ1) is 33.2. The molecule has 0 heterocycles. The highest BCUT2D eigenvalue weighted by molar-refractivity contribution is 6.03. The zero-order valence-corrected chi connectivity index (χ0v) is 43.6. The summed E-state index contributed by atoms with van der Waals surface area (Å²) in [5.41, 5.74) is 0.597. The molecule has 0 aliphatic rings. The van der Waals surface area contributed by atoms with Crippen LogP contribution in [-0.4, -0.2) is 45.8 Å². The number of aryl methyl sites for hydroxylation is 1. The van der Waals surface area contributed by atoms with Crippen molar-refractivity contribution >= 4 is 23.9 Å². The van der Waals surface area contributed by atoms with E-state index in [1.54, 1.807) is 24.3 Å². The summed E-state index contributed by atoms with van der Waals surface area (Å²) < 4.78 is 5.25. The Hall–Kier alpha value is -3.68. The number of hydrogen-bond donors (Lipinski definition) is 3. The van der Waals surface area contributed by atoms with Crippen molar-refractivity contribution in [1.29, 1.82) is 0 Å². The average Bonchev–Trinajstić information content (AvgIpc) is 3.33. The van der Waals surface area contributed by atoms with Gasteiger partial charge in [-0.25, -0.2) is 19.2 Å². The Balaban J connectivity index is 0.000000680. The van der Waals surface area contributed by atoms with Gasteiger partial charge in [-0.3, -0.25) is 0 Å². The van der Waals surface area contributed by atoms with Gasteiger partial charge in [0.1, 0.15) is 0 Å². The quantitative estimate of drug-likeness (QED) is 0.0441. The van der Waals surface area contributed by atoms with E-state index in [0.29, 0.717) is 18.6 Å². The number of carbonyl (C=O) groups excluding carboxylic acids is 1. The smallest absolute Gasteiger partial charge is 0.339 e. The van der Waals surface area contributed by atoms with E-state index < -0.39 is 23.9 Å². The topological polar surface area (TPSA) is 138 Å². The molecule has 0 spiro atoms. The lowest BCUT2D eigenvalue weighted by Gasteiger charge is -2.09. The number of unbranched alkanes of at least 4 members (excludes halogenated alkanes) is 38. The lowest BCUT2D eigenvalue weighted by atomic mass is 9.96. The monoisotopic (exact) mass is 949 g/mol. The van der Waals surface area contributed by atoms with Crippen molar-refractivity contribution < 1.29 is 39.2 Å². The molecule has 0 bridgehead atoms. The van der Waals surface area contributed by atoms with Crippen LogP contribution in [0.1, 0.15) is 318 Å². The third kappa shape index (κ3) is 34.6. The SMILES string of the molecule is CCCCCCCCCCCCCCCCCCCCCCOC(=O)c1ccccc1C(=O)O.CCCCCCCCCCCCCCCCCCCCCCc1cccc(C(=O)O)c1C(=O)O. The zero-order chi connectivity index (χ0) is 49.6. The van der Waals surface area contributed by atoms with Gasteiger partial charge in [0, 0.05) is 0 Å².